The Bertz CT molecular complexity index is 1130. The zero-order valence-electron chi connectivity index (χ0n) is 18.8. The Labute approximate surface area is 208 Å². The van der Waals surface area contributed by atoms with E-state index in [-0.39, 0.29) is 29.4 Å². The van der Waals surface area contributed by atoms with Gasteiger partial charge < -0.3 is 25.2 Å². The molecule has 12 heteroatoms. The van der Waals surface area contributed by atoms with Crippen molar-refractivity contribution in [2.45, 2.75) is 55.6 Å². The minimum atomic E-state index is -4.81. The topological polar surface area (TPSA) is 96.9 Å². The number of rotatable bonds is 7. The van der Waals surface area contributed by atoms with Crippen molar-refractivity contribution in [1.29, 1.82) is 0 Å². The van der Waals surface area contributed by atoms with E-state index in [4.69, 9.17) is 16.3 Å². The molecule has 3 aliphatic rings. The van der Waals surface area contributed by atoms with Gasteiger partial charge in [0.05, 0.1) is 16.7 Å². The Balaban J connectivity index is 1.30. The van der Waals surface area contributed by atoms with E-state index in [1.165, 1.54) is 24.3 Å². The molecule has 7 nitrogen and oxygen atoms in total. The Hall–Kier alpha value is -3.05. The molecule has 194 valence electrons. The number of aliphatic hydroxyl groups excluding tert-OH is 1. The molecule has 0 heterocycles. The maximum Gasteiger partial charge on any atom is 0.573 e. The van der Waals surface area contributed by atoms with Crippen molar-refractivity contribution >= 4 is 23.4 Å². The number of carbonyl (C=O) groups is 2. The van der Waals surface area contributed by atoms with E-state index in [9.17, 15) is 32.3 Å². The van der Waals surface area contributed by atoms with Crippen molar-refractivity contribution in [3.63, 3.8) is 0 Å². The number of alkyl halides is 3. The highest BCUT2D eigenvalue weighted by Gasteiger charge is 2.55. The molecule has 3 fully saturated rings. The number of amides is 2. The highest BCUT2D eigenvalue weighted by molar-refractivity contribution is 6.30. The van der Waals surface area contributed by atoms with E-state index >= 15 is 0 Å². The normalized spacial score (nSPS) is 25.2. The minimum absolute atomic E-state index is 0.0874. The van der Waals surface area contributed by atoms with E-state index in [1.54, 1.807) is 0 Å². The third-order valence-corrected chi connectivity index (χ3v) is 7.00. The smallest absolute Gasteiger partial charge is 0.484 e. The summed E-state index contributed by atoms with van der Waals surface area (Å²) < 4.78 is 59.6. The van der Waals surface area contributed by atoms with Gasteiger partial charge in [-0.3, -0.25) is 9.59 Å². The lowest BCUT2D eigenvalue weighted by Crippen LogP contribution is -2.70. The van der Waals surface area contributed by atoms with E-state index in [1.807, 2.05) is 0 Å². The second-order valence-electron chi connectivity index (χ2n) is 9.10. The largest absolute Gasteiger partial charge is 0.573 e. The zero-order chi connectivity index (χ0) is 26.1. The van der Waals surface area contributed by atoms with Gasteiger partial charge in [0.1, 0.15) is 17.3 Å². The lowest BCUT2D eigenvalue weighted by Gasteiger charge is -2.56. The van der Waals surface area contributed by atoms with Gasteiger partial charge in [-0.25, -0.2) is 4.39 Å². The lowest BCUT2D eigenvalue weighted by molar-refractivity contribution is -0.274. The SMILES string of the molecule is O=C(COc1ccc(OC(F)(F)F)cc1)NC12CCC(NC(=O)c3ccc(Cl)c(F)c3)(CC1)[C@@H](O)C2. The molecule has 2 bridgehead atoms. The van der Waals surface area contributed by atoms with Crippen molar-refractivity contribution < 1.29 is 41.7 Å². The van der Waals surface area contributed by atoms with Gasteiger partial charge in [0.25, 0.3) is 11.8 Å². The van der Waals surface area contributed by atoms with Gasteiger partial charge in [-0.2, -0.15) is 0 Å². The molecular weight excluding hydrogens is 508 g/mol. The Morgan fingerprint density at radius 2 is 1.67 bits per heavy atom. The molecule has 2 aromatic carbocycles. The molecule has 3 aliphatic carbocycles. The van der Waals surface area contributed by atoms with Crippen LogP contribution in [0.5, 0.6) is 11.5 Å². The lowest BCUT2D eigenvalue weighted by atomic mass is 9.60. The first kappa shape index (κ1) is 26.0. The first-order chi connectivity index (χ1) is 16.9. The van der Waals surface area contributed by atoms with Crippen LogP contribution in [0.1, 0.15) is 42.5 Å². The molecular formula is C24H23ClF4N2O5. The van der Waals surface area contributed by atoms with Crippen molar-refractivity contribution in [2.75, 3.05) is 6.61 Å². The van der Waals surface area contributed by atoms with Gasteiger partial charge in [-0.1, -0.05) is 11.6 Å². The maximum absolute atomic E-state index is 13.7. The Morgan fingerprint density at radius 1 is 1.03 bits per heavy atom. The summed E-state index contributed by atoms with van der Waals surface area (Å²) in [6, 6.07) is 8.37. The molecule has 5 rings (SSSR count). The van der Waals surface area contributed by atoms with Crippen molar-refractivity contribution in [3.8, 4) is 11.5 Å². The fraction of sp³-hybridized carbons (Fsp3) is 0.417. The second kappa shape index (κ2) is 9.78. The van der Waals surface area contributed by atoms with Crippen LogP contribution in [0, 0.1) is 5.82 Å². The van der Waals surface area contributed by atoms with Crippen molar-refractivity contribution in [2.24, 2.45) is 0 Å². The predicted octanol–water partition coefficient (Wildman–Crippen LogP) is 4.12. The van der Waals surface area contributed by atoms with E-state index < -0.39 is 46.9 Å². The number of ether oxygens (including phenoxy) is 2. The molecule has 36 heavy (non-hydrogen) atoms. The zero-order valence-corrected chi connectivity index (χ0v) is 19.6. The Kier molecular flexibility index (Phi) is 7.07. The molecule has 0 aromatic heterocycles. The molecule has 0 radical (unpaired) electrons. The molecule has 0 spiro atoms. The van der Waals surface area contributed by atoms with Crippen LogP contribution in [-0.2, 0) is 4.79 Å². The Morgan fingerprint density at radius 3 is 2.25 bits per heavy atom. The summed E-state index contributed by atoms with van der Waals surface area (Å²) in [5, 5.41) is 16.5. The van der Waals surface area contributed by atoms with E-state index in [0.29, 0.717) is 25.7 Å². The van der Waals surface area contributed by atoms with Gasteiger partial charge in [0.15, 0.2) is 6.61 Å². The standard InChI is InChI=1S/C24H23ClF4N2O5/c25-17-6-1-14(11-18(17)26)21(34)31-23-9-7-22(8-10-23,12-19(23)32)30-20(33)13-35-15-2-4-16(5-3-15)36-24(27,28)29/h1-6,11,19,32H,7-10,12-13H2,(H,30,33)(H,31,34)/t19-,22?,23?/m0/s1. The van der Waals surface area contributed by atoms with Gasteiger partial charge in [-0.05, 0) is 74.6 Å². The number of hydrogen-bond acceptors (Lipinski definition) is 5. The van der Waals surface area contributed by atoms with E-state index in [0.717, 1.165) is 18.2 Å². The maximum atomic E-state index is 13.7. The van der Waals surface area contributed by atoms with Crippen LogP contribution in [0.4, 0.5) is 17.6 Å². The molecule has 0 aliphatic heterocycles. The van der Waals surface area contributed by atoms with Crippen LogP contribution in [0.3, 0.4) is 0 Å². The summed E-state index contributed by atoms with van der Waals surface area (Å²) in [5.74, 6) is -1.92. The summed E-state index contributed by atoms with van der Waals surface area (Å²) >= 11 is 5.67. The number of carbonyl (C=O) groups excluding carboxylic acids is 2. The average molecular weight is 531 g/mol. The fourth-order valence-corrected chi connectivity index (χ4v) is 4.93. The monoisotopic (exact) mass is 530 g/mol. The average Bonchev–Trinajstić information content (AvgIpc) is 2.80. The molecule has 3 N–H and O–H groups in total. The molecule has 0 saturated heterocycles. The first-order valence-corrected chi connectivity index (χ1v) is 11.5. The van der Waals surface area contributed by atoms with Crippen molar-refractivity contribution in [1.82, 2.24) is 10.6 Å². The predicted molar refractivity (Wildman–Crippen MR) is 120 cm³/mol. The number of nitrogens with one attached hydrogen (secondary N) is 2. The van der Waals surface area contributed by atoms with Crippen molar-refractivity contribution in [3.05, 3.63) is 58.9 Å². The van der Waals surface area contributed by atoms with Gasteiger partial charge in [-0.15, -0.1) is 13.2 Å². The molecule has 0 unspecified atom stereocenters. The number of aliphatic hydroxyl groups is 1. The second-order valence-corrected chi connectivity index (χ2v) is 9.50. The third kappa shape index (κ3) is 5.84. The third-order valence-electron chi connectivity index (χ3n) is 6.70. The molecule has 1 atom stereocenters. The minimum Gasteiger partial charge on any atom is -0.484 e. The summed E-state index contributed by atoms with van der Waals surface area (Å²) in [6.07, 6.45) is -3.75. The highest BCUT2D eigenvalue weighted by Crippen LogP contribution is 2.47. The van der Waals surface area contributed by atoms with Crippen LogP contribution < -0.4 is 20.1 Å². The fourth-order valence-electron chi connectivity index (χ4n) is 4.82. The number of benzene rings is 2. The first-order valence-electron chi connectivity index (χ1n) is 11.1. The van der Waals surface area contributed by atoms with Gasteiger partial charge in [0.2, 0.25) is 0 Å². The van der Waals surface area contributed by atoms with Crippen LogP contribution >= 0.6 is 11.6 Å². The molecule has 2 aromatic rings. The number of halogens is 5. The van der Waals surface area contributed by atoms with Gasteiger partial charge >= 0.3 is 6.36 Å². The van der Waals surface area contributed by atoms with Gasteiger partial charge in [0, 0.05) is 11.1 Å². The number of fused-ring (bicyclic) bond motifs is 3. The van der Waals surface area contributed by atoms with Crippen LogP contribution in [0.25, 0.3) is 0 Å². The highest BCUT2D eigenvalue weighted by atomic mass is 35.5. The quantitative estimate of drug-likeness (QED) is 0.468. The summed E-state index contributed by atoms with van der Waals surface area (Å²) in [7, 11) is 0. The summed E-state index contributed by atoms with van der Waals surface area (Å²) in [6.45, 7) is -0.374. The van der Waals surface area contributed by atoms with Crippen LogP contribution in [0.2, 0.25) is 5.02 Å². The summed E-state index contributed by atoms with van der Waals surface area (Å²) in [5.41, 5.74) is -1.48. The molecule has 3 saturated carbocycles. The molecule has 2 amide bonds. The number of hydrogen-bond donors (Lipinski definition) is 3. The van der Waals surface area contributed by atoms with Crippen LogP contribution in [0.15, 0.2) is 42.5 Å². The van der Waals surface area contributed by atoms with Crippen LogP contribution in [-0.4, -0.2) is 47.1 Å². The summed E-state index contributed by atoms with van der Waals surface area (Å²) in [4.78, 5) is 25.2. The van der Waals surface area contributed by atoms with E-state index in [2.05, 4.69) is 15.4 Å².